The highest BCUT2D eigenvalue weighted by atomic mass is 16.2. The standard InChI is InChI=1S/C15H28N2O/c1-14(2)13(15(14,3)4)17-12(18)10-8-6-5-7-9-11(10)16/h10-11,13H,5-9,16H2,1-4H3,(H,17,18). The Bertz CT molecular complexity index is 321. The molecule has 0 spiro atoms. The van der Waals surface area contributed by atoms with E-state index in [-0.39, 0.29) is 28.7 Å². The van der Waals surface area contributed by atoms with Crippen LogP contribution in [0.5, 0.6) is 0 Å². The second-order valence-electron chi connectivity index (χ2n) is 7.29. The van der Waals surface area contributed by atoms with Crippen LogP contribution in [0.3, 0.4) is 0 Å². The van der Waals surface area contributed by atoms with Gasteiger partial charge in [-0.1, -0.05) is 47.0 Å². The summed E-state index contributed by atoms with van der Waals surface area (Å²) < 4.78 is 0. The predicted octanol–water partition coefficient (Wildman–Crippen LogP) is 2.44. The maximum atomic E-state index is 12.4. The molecule has 2 fully saturated rings. The molecule has 0 aromatic heterocycles. The first kappa shape index (κ1) is 13.9. The number of hydrogen-bond acceptors (Lipinski definition) is 2. The maximum absolute atomic E-state index is 12.4. The van der Waals surface area contributed by atoms with Gasteiger partial charge < -0.3 is 11.1 Å². The Morgan fingerprint density at radius 1 is 1.06 bits per heavy atom. The van der Waals surface area contributed by atoms with Gasteiger partial charge in [0.15, 0.2) is 0 Å². The molecular formula is C15H28N2O. The molecule has 2 rings (SSSR count). The molecule has 2 aliphatic rings. The number of nitrogens with two attached hydrogens (primary N) is 1. The minimum absolute atomic E-state index is 0.0275. The zero-order valence-electron chi connectivity index (χ0n) is 12.3. The summed E-state index contributed by atoms with van der Waals surface area (Å²) in [7, 11) is 0. The van der Waals surface area contributed by atoms with Gasteiger partial charge in [0.05, 0.1) is 5.92 Å². The molecule has 3 heteroatoms. The average molecular weight is 252 g/mol. The van der Waals surface area contributed by atoms with E-state index in [9.17, 15) is 4.79 Å². The fourth-order valence-electron chi connectivity index (χ4n) is 3.47. The van der Waals surface area contributed by atoms with Gasteiger partial charge in [-0.15, -0.1) is 0 Å². The molecule has 1 amide bonds. The highest BCUT2D eigenvalue weighted by Crippen LogP contribution is 2.62. The Morgan fingerprint density at radius 3 is 2.17 bits per heavy atom. The predicted molar refractivity (Wildman–Crippen MR) is 74.0 cm³/mol. The van der Waals surface area contributed by atoms with Crippen molar-refractivity contribution in [2.24, 2.45) is 22.5 Å². The first-order chi connectivity index (χ1) is 8.28. The lowest BCUT2D eigenvalue weighted by molar-refractivity contribution is -0.126. The van der Waals surface area contributed by atoms with E-state index in [0.29, 0.717) is 6.04 Å². The van der Waals surface area contributed by atoms with E-state index in [0.717, 1.165) is 19.3 Å². The van der Waals surface area contributed by atoms with Crippen molar-refractivity contribution in [3.05, 3.63) is 0 Å². The van der Waals surface area contributed by atoms with Crippen molar-refractivity contribution in [1.82, 2.24) is 5.32 Å². The Hall–Kier alpha value is -0.570. The van der Waals surface area contributed by atoms with Crippen LogP contribution >= 0.6 is 0 Å². The zero-order valence-corrected chi connectivity index (χ0v) is 12.3. The third-order valence-corrected chi connectivity index (χ3v) is 5.71. The van der Waals surface area contributed by atoms with Gasteiger partial charge >= 0.3 is 0 Å². The summed E-state index contributed by atoms with van der Waals surface area (Å²) in [5.41, 5.74) is 6.56. The molecule has 104 valence electrons. The van der Waals surface area contributed by atoms with Crippen LogP contribution < -0.4 is 11.1 Å². The lowest BCUT2D eigenvalue weighted by Gasteiger charge is -2.21. The van der Waals surface area contributed by atoms with Gasteiger partial charge in [-0.3, -0.25) is 4.79 Å². The van der Waals surface area contributed by atoms with Crippen LogP contribution in [0.2, 0.25) is 0 Å². The highest BCUT2D eigenvalue weighted by molar-refractivity contribution is 5.80. The molecule has 2 unspecified atom stereocenters. The van der Waals surface area contributed by atoms with Crippen LogP contribution in [-0.2, 0) is 4.79 Å². The van der Waals surface area contributed by atoms with E-state index in [4.69, 9.17) is 5.73 Å². The summed E-state index contributed by atoms with van der Waals surface area (Å²) >= 11 is 0. The summed E-state index contributed by atoms with van der Waals surface area (Å²) in [6.07, 6.45) is 5.49. The van der Waals surface area contributed by atoms with Gasteiger partial charge in [-0.25, -0.2) is 0 Å². The second kappa shape index (κ2) is 4.52. The van der Waals surface area contributed by atoms with Crippen molar-refractivity contribution < 1.29 is 4.79 Å². The Labute approximate surface area is 111 Å². The molecule has 0 bridgehead atoms. The molecule has 0 saturated heterocycles. The Balaban J connectivity index is 1.96. The number of rotatable bonds is 2. The summed E-state index contributed by atoms with van der Waals surface area (Å²) in [6.45, 7) is 8.91. The molecule has 3 nitrogen and oxygen atoms in total. The minimum Gasteiger partial charge on any atom is -0.352 e. The molecule has 2 atom stereocenters. The molecule has 0 aromatic carbocycles. The van der Waals surface area contributed by atoms with Crippen molar-refractivity contribution in [3.8, 4) is 0 Å². The first-order valence-corrected chi connectivity index (χ1v) is 7.34. The number of nitrogens with one attached hydrogen (secondary N) is 1. The number of carbonyl (C=O) groups is 1. The molecule has 0 aromatic rings. The molecule has 2 aliphatic carbocycles. The lowest BCUT2D eigenvalue weighted by atomic mass is 9.94. The number of carbonyl (C=O) groups excluding carboxylic acids is 1. The van der Waals surface area contributed by atoms with E-state index in [1.807, 2.05) is 0 Å². The topological polar surface area (TPSA) is 55.1 Å². The third-order valence-electron chi connectivity index (χ3n) is 5.71. The van der Waals surface area contributed by atoms with Gasteiger partial charge in [0, 0.05) is 12.1 Å². The molecular weight excluding hydrogens is 224 g/mol. The summed E-state index contributed by atoms with van der Waals surface area (Å²) in [5, 5.41) is 3.24. The van der Waals surface area contributed by atoms with E-state index < -0.39 is 0 Å². The van der Waals surface area contributed by atoms with Gasteiger partial charge in [0.25, 0.3) is 0 Å². The van der Waals surface area contributed by atoms with Crippen LogP contribution in [0.4, 0.5) is 0 Å². The molecule has 0 radical (unpaired) electrons. The van der Waals surface area contributed by atoms with Crippen LogP contribution in [0.25, 0.3) is 0 Å². The fourth-order valence-corrected chi connectivity index (χ4v) is 3.47. The lowest BCUT2D eigenvalue weighted by Crippen LogP contribution is -2.43. The van der Waals surface area contributed by atoms with Gasteiger partial charge in [0.2, 0.25) is 5.91 Å². The number of amides is 1. The van der Waals surface area contributed by atoms with Crippen molar-refractivity contribution in [3.63, 3.8) is 0 Å². The zero-order chi connectivity index (χ0) is 13.6. The quantitative estimate of drug-likeness (QED) is 0.742. The second-order valence-corrected chi connectivity index (χ2v) is 7.29. The summed E-state index contributed by atoms with van der Waals surface area (Å²) in [4.78, 5) is 12.4. The molecule has 3 N–H and O–H groups in total. The van der Waals surface area contributed by atoms with Crippen molar-refractivity contribution >= 4 is 5.91 Å². The molecule has 0 aliphatic heterocycles. The van der Waals surface area contributed by atoms with E-state index >= 15 is 0 Å². The van der Waals surface area contributed by atoms with Crippen LogP contribution in [0, 0.1) is 16.7 Å². The van der Waals surface area contributed by atoms with E-state index in [1.54, 1.807) is 0 Å². The monoisotopic (exact) mass is 252 g/mol. The summed E-state index contributed by atoms with van der Waals surface area (Å²) in [5.74, 6) is 0.216. The van der Waals surface area contributed by atoms with Gasteiger partial charge in [0.1, 0.15) is 0 Å². The summed E-state index contributed by atoms with van der Waals surface area (Å²) in [6, 6.07) is 0.352. The minimum atomic E-state index is 0.0275. The number of hydrogen-bond donors (Lipinski definition) is 2. The average Bonchev–Trinajstić information content (AvgIpc) is 2.77. The molecule has 2 saturated carbocycles. The van der Waals surface area contributed by atoms with Crippen molar-refractivity contribution in [2.45, 2.75) is 71.9 Å². The fraction of sp³-hybridized carbons (Fsp3) is 0.933. The largest absolute Gasteiger partial charge is 0.352 e. The van der Waals surface area contributed by atoms with Crippen LogP contribution in [0.1, 0.15) is 59.8 Å². The smallest absolute Gasteiger partial charge is 0.224 e. The van der Waals surface area contributed by atoms with Gasteiger partial charge in [-0.05, 0) is 23.7 Å². The van der Waals surface area contributed by atoms with E-state index in [2.05, 4.69) is 33.0 Å². The van der Waals surface area contributed by atoms with Gasteiger partial charge in [-0.2, -0.15) is 0 Å². The first-order valence-electron chi connectivity index (χ1n) is 7.34. The highest BCUT2D eigenvalue weighted by Gasteiger charge is 2.65. The van der Waals surface area contributed by atoms with Crippen LogP contribution in [-0.4, -0.2) is 18.0 Å². The molecule has 18 heavy (non-hydrogen) atoms. The Morgan fingerprint density at radius 2 is 1.61 bits per heavy atom. The third kappa shape index (κ3) is 2.18. The Kier molecular flexibility index (Phi) is 3.48. The SMILES string of the molecule is CC1(C)C(NC(=O)C2CCCCCC2N)C1(C)C. The maximum Gasteiger partial charge on any atom is 0.224 e. The molecule has 0 heterocycles. The van der Waals surface area contributed by atoms with Crippen LogP contribution in [0.15, 0.2) is 0 Å². The normalized spacial score (nSPS) is 34.7. The van der Waals surface area contributed by atoms with Crippen molar-refractivity contribution in [1.29, 1.82) is 0 Å². The van der Waals surface area contributed by atoms with E-state index in [1.165, 1.54) is 12.8 Å². The van der Waals surface area contributed by atoms with Crippen molar-refractivity contribution in [2.75, 3.05) is 0 Å².